The minimum Gasteiger partial charge on any atom is -0.313 e. The highest BCUT2D eigenvalue weighted by Crippen LogP contribution is 2.35. The smallest absolute Gasteiger partial charge is 0.0223 e. The summed E-state index contributed by atoms with van der Waals surface area (Å²) in [5, 5.41) is 7.41. The molecule has 0 aromatic rings. The van der Waals surface area contributed by atoms with Crippen molar-refractivity contribution in [3.63, 3.8) is 0 Å². The maximum absolute atomic E-state index is 3.72. The van der Waals surface area contributed by atoms with Crippen molar-refractivity contribution < 1.29 is 0 Å². The van der Waals surface area contributed by atoms with Crippen molar-refractivity contribution in [1.29, 1.82) is 0 Å². The molecule has 2 aliphatic rings. The van der Waals surface area contributed by atoms with Crippen LogP contribution in [0.5, 0.6) is 0 Å². The highest BCUT2D eigenvalue weighted by Gasteiger charge is 2.30. The maximum atomic E-state index is 3.72. The topological polar surface area (TPSA) is 24.1 Å². The van der Waals surface area contributed by atoms with Crippen LogP contribution in [-0.4, -0.2) is 25.2 Å². The number of nitrogens with one attached hydrogen (secondary N) is 2. The summed E-state index contributed by atoms with van der Waals surface area (Å²) in [7, 11) is 0. The van der Waals surface area contributed by atoms with E-state index < -0.39 is 0 Å². The minimum absolute atomic E-state index is 0.715. The van der Waals surface area contributed by atoms with Crippen molar-refractivity contribution in [3.05, 3.63) is 0 Å². The second-order valence-corrected chi connectivity index (χ2v) is 6.75. The lowest BCUT2D eigenvalue weighted by Gasteiger charge is -2.38. The van der Waals surface area contributed by atoms with E-state index in [2.05, 4.69) is 24.5 Å². The minimum atomic E-state index is 0.715. The van der Waals surface area contributed by atoms with Crippen molar-refractivity contribution in [2.45, 2.75) is 83.7 Å². The van der Waals surface area contributed by atoms with Crippen LogP contribution in [0, 0.1) is 11.8 Å². The third-order valence-electron chi connectivity index (χ3n) is 5.28. The Morgan fingerprint density at radius 3 is 2.11 bits per heavy atom. The van der Waals surface area contributed by atoms with Gasteiger partial charge in [0.15, 0.2) is 0 Å². The van der Waals surface area contributed by atoms with Gasteiger partial charge in [-0.25, -0.2) is 0 Å². The first-order valence-corrected chi connectivity index (χ1v) is 8.80. The summed E-state index contributed by atoms with van der Waals surface area (Å²) < 4.78 is 0. The van der Waals surface area contributed by atoms with E-state index >= 15 is 0 Å². The van der Waals surface area contributed by atoms with Crippen LogP contribution in [-0.2, 0) is 0 Å². The Kier molecular flexibility index (Phi) is 6.66. The highest BCUT2D eigenvalue weighted by molar-refractivity contribution is 4.90. The molecule has 0 amide bonds. The molecular weight excluding hydrogens is 232 g/mol. The van der Waals surface area contributed by atoms with Crippen LogP contribution in [0.1, 0.15) is 71.6 Å². The van der Waals surface area contributed by atoms with Crippen LogP contribution >= 0.6 is 0 Å². The van der Waals surface area contributed by atoms with Gasteiger partial charge in [-0.15, -0.1) is 0 Å². The van der Waals surface area contributed by atoms with E-state index in [4.69, 9.17) is 0 Å². The van der Waals surface area contributed by atoms with Crippen LogP contribution in [0.15, 0.2) is 0 Å². The second kappa shape index (κ2) is 8.26. The van der Waals surface area contributed by atoms with E-state index in [0.717, 1.165) is 24.9 Å². The van der Waals surface area contributed by atoms with Gasteiger partial charge < -0.3 is 10.6 Å². The summed E-state index contributed by atoms with van der Waals surface area (Å²) in [6, 6.07) is 1.43. The van der Waals surface area contributed by atoms with Crippen LogP contribution in [0.4, 0.5) is 0 Å². The average Bonchev–Trinajstić information content (AvgIpc) is 2.43. The number of hydrogen-bond acceptors (Lipinski definition) is 2. The Bertz CT molecular complexity index is 235. The van der Waals surface area contributed by atoms with E-state index in [-0.39, 0.29) is 0 Å². The lowest BCUT2D eigenvalue weighted by Crippen LogP contribution is -2.51. The Hall–Kier alpha value is -0.0800. The highest BCUT2D eigenvalue weighted by atomic mass is 15.0. The molecule has 112 valence electrons. The zero-order valence-electron chi connectivity index (χ0n) is 13.1. The SMILES string of the molecule is CCNC1CCC(CC2CCCCC2)CC1NCC. The lowest BCUT2D eigenvalue weighted by molar-refractivity contribution is 0.187. The third-order valence-corrected chi connectivity index (χ3v) is 5.28. The van der Waals surface area contributed by atoms with Crippen molar-refractivity contribution in [1.82, 2.24) is 10.6 Å². The Morgan fingerprint density at radius 2 is 1.42 bits per heavy atom. The molecule has 3 unspecified atom stereocenters. The van der Waals surface area contributed by atoms with Gasteiger partial charge in [-0.05, 0) is 50.6 Å². The number of likely N-dealkylation sites (N-methyl/N-ethyl adjacent to an activating group) is 2. The van der Waals surface area contributed by atoms with Crippen molar-refractivity contribution >= 4 is 0 Å². The Labute approximate surface area is 120 Å². The van der Waals surface area contributed by atoms with Gasteiger partial charge in [0.25, 0.3) is 0 Å². The van der Waals surface area contributed by atoms with E-state index in [1.807, 2.05) is 0 Å². The number of rotatable bonds is 6. The summed E-state index contributed by atoms with van der Waals surface area (Å²) in [6.45, 7) is 6.70. The molecule has 19 heavy (non-hydrogen) atoms. The first-order chi connectivity index (χ1) is 9.33. The Morgan fingerprint density at radius 1 is 0.737 bits per heavy atom. The molecule has 2 saturated carbocycles. The molecular formula is C17H34N2. The molecule has 2 heteroatoms. The van der Waals surface area contributed by atoms with E-state index in [1.54, 1.807) is 0 Å². The van der Waals surface area contributed by atoms with Crippen molar-refractivity contribution in [3.8, 4) is 0 Å². The van der Waals surface area contributed by atoms with Crippen LogP contribution in [0.2, 0.25) is 0 Å². The quantitative estimate of drug-likeness (QED) is 0.766. The second-order valence-electron chi connectivity index (χ2n) is 6.75. The third kappa shape index (κ3) is 4.75. The van der Waals surface area contributed by atoms with Gasteiger partial charge in [-0.3, -0.25) is 0 Å². The summed E-state index contributed by atoms with van der Waals surface area (Å²) in [5.41, 5.74) is 0. The molecule has 0 saturated heterocycles. The first-order valence-electron chi connectivity index (χ1n) is 8.80. The van der Waals surface area contributed by atoms with Gasteiger partial charge in [-0.1, -0.05) is 46.0 Å². The fourth-order valence-corrected chi connectivity index (χ4v) is 4.36. The van der Waals surface area contributed by atoms with Crippen LogP contribution in [0.25, 0.3) is 0 Å². The Balaban J connectivity index is 1.79. The molecule has 0 spiro atoms. The average molecular weight is 266 g/mol. The molecule has 2 nitrogen and oxygen atoms in total. The molecule has 0 aromatic heterocycles. The van der Waals surface area contributed by atoms with Gasteiger partial charge in [-0.2, -0.15) is 0 Å². The fraction of sp³-hybridized carbons (Fsp3) is 1.00. The number of hydrogen-bond donors (Lipinski definition) is 2. The molecule has 3 atom stereocenters. The van der Waals surface area contributed by atoms with Gasteiger partial charge in [0, 0.05) is 12.1 Å². The van der Waals surface area contributed by atoms with Gasteiger partial charge in [0.2, 0.25) is 0 Å². The first kappa shape index (κ1) is 15.3. The lowest BCUT2D eigenvalue weighted by atomic mass is 9.75. The predicted octanol–water partition coefficient (Wildman–Crippen LogP) is 3.71. The van der Waals surface area contributed by atoms with Gasteiger partial charge in [0.1, 0.15) is 0 Å². The molecule has 2 fully saturated rings. The largest absolute Gasteiger partial charge is 0.313 e. The van der Waals surface area contributed by atoms with Crippen LogP contribution in [0.3, 0.4) is 0 Å². The fourth-order valence-electron chi connectivity index (χ4n) is 4.36. The van der Waals surface area contributed by atoms with Gasteiger partial charge in [0.05, 0.1) is 0 Å². The predicted molar refractivity (Wildman–Crippen MR) is 83.5 cm³/mol. The molecule has 0 aromatic carbocycles. The molecule has 0 radical (unpaired) electrons. The summed E-state index contributed by atoms with van der Waals surface area (Å²) in [4.78, 5) is 0. The summed E-state index contributed by atoms with van der Waals surface area (Å²) >= 11 is 0. The zero-order valence-corrected chi connectivity index (χ0v) is 13.1. The molecule has 0 heterocycles. The zero-order chi connectivity index (χ0) is 13.5. The van der Waals surface area contributed by atoms with E-state index in [0.29, 0.717) is 12.1 Å². The summed E-state index contributed by atoms with van der Waals surface area (Å²) in [5.74, 6) is 2.04. The molecule has 2 N–H and O–H groups in total. The molecule has 0 aliphatic heterocycles. The molecule has 2 aliphatic carbocycles. The molecule has 2 rings (SSSR count). The monoisotopic (exact) mass is 266 g/mol. The standard InChI is InChI=1S/C17H34N2/c1-3-18-16-11-10-15(13-17(16)19-4-2)12-14-8-6-5-7-9-14/h14-19H,3-13H2,1-2H3. The van der Waals surface area contributed by atoms with Crippen molar-refractivity contribution in [2.75, 3.05) is 13.1 Å². The van der Waals surface area contributed by atoms with Gasteiger partial charge >= 0.3 is 0 Å². The van der Waals surface area contributed by atoms with Crippen LogP contribution < -0.4 is 10.6 Å². The van der Waals surface area contributed by atoms with E-state index in [1.165, 1.54) is 57.8 Å². The molecule has 0 bridgehead atoms. The normalized spacial score (nSPS) is 33.5. The van der Waals surface area contributed by atoms with E-state index in [9.17, 15) is 0 Å². The van der Waals surface area contributed by atoms with Crippen molar-refractivity contribution in [2.24, 2.45) is 11.8 Å². The maximum Gasteiger partial charge on any atom is 0.0223 e. The summed E-state index contributed by atoms with van der Waals surface area (Å²) in [6.07, 6.45) is 13.3.